The SMILES string of the molecule is COC(=O)CCC1CCC(c2sc(C3CCNCC3)nc2C(N)=O)CC1. The van der Waals surface area contributed by atoms with E-state index < -0.39 is 5.91 Å². The molecule has 7 heteroatoms. The number of aromatic nitrogens is 1. The van der Waals surface area contributed by atoms with Crippen LogP contribution in [-0.4, -0.2) is 37.1 Å². The van der Waals surface area contributed by atoms with Crippen LogP contribution in [0.5, 0.6) is 0 Å². The average molecular weight is 380 g/mol. The molecule has 0 aromatic carbocycles. The minimum Gasteiger partial charge on any atom is -0.469 e. The first-order chi connectivity index (χ1) is 12.6. The number of esters is 1. The molecule has 26 heavy (non-hydrogen) atoms. The van der Waals surface area contributed by atoms with Gasteiger partial charge in [0.05, 0.1) is 12.1 Å². The molecular weight excluding hydrogens is 350 g/mol. The Kier molecular flexibility index (Phi) is 6.64. The number of piperidine rings is 1. The topological polar surface area (TPSA) is 94.3 Å². The fourth-order valence-electron chi connectivity index (χ4n) is 4.18. The summed E-state index contributed by atoms with van der Waals surface area (Å²) in [6.45, 7) is 2.02. The zero-order valence-corrected chi connectivity index (χ0v) is 16.3. The molecule has 1 aromatic rings. The number of nitrogens with zero attached hydrogens (tertiary/aromatic N) is 1. The molecule has 0 radical (unpaired) electrons. The maximum atomic E-state index is 11.9. The molecule has 2 aliphatic rings. The van der Waals surface area contributed by atoms with E-state index in [0.29, 0.717) is 29.9 Å². The lowest BCUT2D eigenvalue weighted by Crippen LogP contribution is -2.26. The average Bonchev–Trinajstić information content (AvgIpc) is 3.13. The van der Waals surface area contributed by atoms with Crippen LogP contribution in [0.15, 0.2) is 0 Å². The maximum absolute atomic E-state index is 11.9. The van der Waals surface area contributed by atoms with E-state index in [2.05, 4.69) is 10.3 Å². The van der Waals surface area contributed by atoms with Gasteiger partial charge in [-0.05, 0) is 69.9 Å². The fourth-order valence-corrected chi connectivity index (χ4v) is 5.59. The number of rotatable bonds is 6. The summed E-state index contributed by atoms with van der Waals surface area (Å²) >= 11 is 1.71. The lowest BCUT2D eigenvalue weighted by atomic mass is 9.79. The van der Waals surface area contributed by atoms with Crippen LogP contribution >= 0.6 is 11.3 Å². The molecule has 144 valence electrons. The summed E-state index contributed by atoms with van der Waals surface area (Å²) < 4.78 is 4.73. The summed E-state index contributed by atoms with van der Waals surface area (Å²) in [4.78, 5) is 29.0. The smallest absolute Gasteiger partial charge is 0.305 e. The van der Waals surface area contributed by atoms with Crippen molar-refractivity contribution < 1.29 is 14.3 Å². The van der Waals surface area contributed by atoms with Crippen LogP contribution in [0.3, 0.4) is 0 Å². The first kappa shape index (κ1) is 19.3. The Hall–Kier alpha value is -1.47. The lowest BCUT2D eigenvalue weighted by Gasteiger charge is -2.28. The maximum Gasteiger partial charge on any atom is 0.305 e. The summed E-state index contributed by atoms with van der Waals surface area (Å²) in [6, 6.07) is 0. The van der Waals surface area contributed by atoms with Crippen LogP contribution in [0.1, 0.15) is 83.6 Å². The minimum atomic E-state index is -0.399. The van der Waals surface area contributed by atoms with Crippen LogP contribution in [0, 0.1) is 5.92 Å². The third-order valence-corrected chi connectivity index (χ3v) is 7.17. The van der Waals surface area contributed by atoms with Gasteiger partial charge >= 0.3 is 5.97 Å². The van der Waals surface area contributed by atoms with Crippen molar-refractivity contribution in [2.24, 2.45) is 11.7 Å². The zero-order valence-electron chi connectivity index (χ0n) is 15.5. The second-order valence-electron chi connectivity index (χ2n) is 7.49. The van der Waals surface area contributed by atoms with Crippen LogP contribution in [-0.2, 0) is 9.53 Å². The molecule has 1 aliphatic carbocycles. The van der Waals surface area contributed by atoms with Gasteiger partial charge in [-0.1, -0.05) is 0 Å². The van der Waals surface area contributed by atoms with E-state index >= 15 is 0 Å². The highest BCUT2D eigenvalue weighted by Gasteiger charge is 2.30. The Morgan fingerprint density at radius 2 is 1.85 bits per heavy atom. The van der Waals surface area contributed by atoms with Crippen molar-refractivity contribution in [2.75, 3.05) is 20.2 Å². The molecule has 1 saturated heterocycles. The molecule has 0 atom stereocenters. The number of nitrogens with one attached hydrogen (secondary N) is 1. The fraction of sp³-hybridized carbons (Fsp3) is 0.737. The van der Waals surface area contributed by atoms with Crippen LogP contribution in [0.2, 0.25) is 0 Å². The monoisotopic (exact) mass is 379 g/mol. The predicted octanol–water partition coefficient (Wildman–Crippen LogP) is 2.94. The molecule has 1 aromatic heterocycles. The van der Waals surface area contributed by atoms with Gasteiger partial charge in [0.1, 0.15) is 5.69 Å². The summed E-state index contributed by atoms with van der Waals surface area (Å²) in [5.74, 6) is 0.866. The van der Waals surface area contributed by atoms with Gasteiger partial charge in [0.15, 0.2) is 0 Å². The van der Waals surface area contributed by atoms with Gasteiger partial charge < -0.3 is 15.8 Å². The van der Waals surface area contributed by atoms with E-state index in [9.17, 15) is 9.59 Å². The molecule has 1 amide bonds. The molecule has 2 heterocycles. The summed E-state index contributed by atoms with van der Waals surface area (Å²) in [6.07, 6.45) is 7.79. The van der Waals surface area contributed by atoms with E-state index in [1.807, 2.05) is 0 Å². The van der Waals surface area contributed by atoms with Crippen molar-refractivity contribution >= 4 is 23.2 Å². The van der Waals surface area contributed by atoms with E-state index in [4.69, 9.17) is 10.5 Å². The number of ether oxygens (including phenoxy) is 1. The van der Waals surface area contributed by atoms with Crippen molar-refractivity contribution in [3.8, 4) is 0 Å². The Labute approximate surface area is 158 Å². The third-order valence-electron chi connectivity index (χ3n) is 5.79. The van der Waals surface area contributed by atoms with Gasteiger partial charge in [-0.3, -0.25) is 9.59 Å². The number of primary amides is 1. The molecule has 0 spiro atoms. The normalized spacial score (nSPS) is 24.3. The molecule has 3 rings (SSSR count). The highest BCUT2D eigenvalue weighted by atomic mass is 32.1. The molecule has 2 fully saturated rings. The van der Waals surface area contributed by atoms with Gasteiger partial charge in [-0.25, -0.2) is 4.98 Å². The van der Waals surface area contributed by atoms with E-state index in [-0.39, 0.29) is 5.97 Å². The summed E-state index contributed by atoms with van der Waals surface area (Å²) in [5, 5.41) is 4.46. The number of nitrogens with two attached hydrogens (primary N) is 1. The van der Waals surface area contributed by atoms with Gasteiger partial charge in [0, 0.05) is 17.2 Å². The molecule has 0 unspecified atom stereocenters. The highest BCUT2D eigenvalue weighted by Crippen LogP contribution is 2.42. The molecule has 1 aliphatic heterocycles. The molecule has 3 N–H and O–H groups in total. The van der Waals surface area contributed by atoms with Crippen LogP contribution < -0.4 is 11.1 Å². The lowest BCUT2D eigenvalue weighted by molar-refractivity contribution is -0.141. The molecule has 1 saturated carbocycles. The standard InChI is InChI=1S/C19H29N3O3S/c1-25-15(23)7-4-12-2-5-13(6-3-12)17-16(18(20)24)22-19(26-17)14-8-10-21-11-9-14/h12-14,21H,2-11H2,1H3,(H2,20,24). The molecular formula is C19H29N3O3S. The summed E-state index contributed by atoms with van der Waals surface area (Å²) in [5.41, 5.74) is 6.13. The highest BCUT2D eigenvalue weighted by molar-refractivity contribution is 7.12. The molecule has 0 bridgehead atoms. The first-order valence-electron chi connectivity index (χ1n) is 9.66. The van der Waals surface area contributed by atoms with Crippen molar-refractivity contribution in [1.82, 2.24) is 10.3 Å². The zero-order chi connectivity index (χ0) is 18.5. The van der Waals surface area contributed by atoms with Crippen LogP contribution in [0.25, 0.3) is 0 Å². The molecule has 6 nitrogen and oxygen atoms in total. The number of carbonyl (C=O) groups is 2. The Morgan fingerprint density at radius 1 is 1.15 bits per heavy atom. The van der Waals surface area contributed by atoms with Gasteiger partial charge in [-0.2, -0.15) is 0 Å². The van der Waals surface area contributed by atoms with Crippen molar-refractivity contribution in [3.05, 3.63) is 15.6 Å². The second-order valence-corrected chi connectivity index (χ2v) is 8.55. The summed E-state index contributed by atoms with van der Waals surface area (Å²) in [7, 11) is 1.44. The third kappa shape index (κ3) is 4.62. The van der Waals surface area contributed by atoms with Gasteiger partial charge in [-0.15, -0.1) is 11.3 Å². The second kappa shape index (κ2) is 8.95. The van der Waals surface area contributed by atoms with Crippen molar-refractivity contribution in [3.63, 3.8) is 0 Å². The Balaban J connectivity index is 1.64. The Bertz CT molecular complexity index is 632. The quantitative estimate of drug-likeness (QED) is 0.741. The number of amides is 1. The Morgan fingerprint density at radius 3 is 2.46 bits per heavy atom. The van der Waals surface area contributed by atoms with E-state index in [1.165, 1.54) is 7.11 Å². The van der Waals surface area contributed by atoms with Gasteiger partial charge in [0.2, 0.25) is 0 Å². The van der Waals surface area contributed by atoms with Crippen molar-refractivity contribution in [2.45, 2.75) is 63.2 Å². The van der Waals surface area contributed by atoms with Crippen molar-refractivity contribution in [1.29, 1.82) is 0 Å². The first-order valence-corrected chi connectivity index (χ1v) is 10.5. The number of thiazole rings is 1. The van der Waals surface area contributed by atoms with Gasteiger partial charge in [0.25, 0.3) is 5.91 Å². The minimum absolute atomic E-state index is 0.128. The largest absolute Gasteiger partial charge is 0.469 e. The number of hydrogen-bond acceptors (Lipinski definition) is 6. The van der Waals surface area contributed by atoms with E-state index in [1.54, 1.807) is 11.3 Å². The number of carbonyl (C=O) groups excluding carboxylic acids is 2. The van der Waals surface area contributed by atoms with Crippen LogP contribution in [0.4, 0.5) is 0 Å². The predicted molar refractivity (Wildman–Crippen MR) is 101 cm³/mol. The number of hydrogen-bond donors (Lipinski definition) is 2. The van der Waals surface area contributed by atoms with E-state index in [0.717, 1.165) is 67.9 Å². The number of methoxy groups -OCH3 is 1.